The zero-order valence-corrected chi connectivity index (χ0v) is 5.01. The lowest BCUT2D eigenvalue weighted by Crippen LogP contribution is -2.31. The van der Waals surface area contributed by atoms with Crippen LogP contribution in [-0.2, 0) is 0 Å². The van der Waals surface area contributed by atoms with Crippen LogP contribution in [0.15, 0.2) is 0 Å². The third kappa shape index (κ3) is 1.01. The van der Waals surface area contributed by atoms with E-state index in [1.54, 1.807) is 0 Å². The molecule has 0 bridgehead atoms. The van der Waals surface area contributed by atoms with Crippen LogP contribution in [0.3, 0.4) is 0 Å². The fourth-order valence-electron chi connectivity index (χ4n) is 1.22. The van der Waals surface area contributed by atoms with Gasteiger partial charge in [-0.1, -0.05) is 0 Å². The van der Waals surface area contributed by atoms with Crippen LogP contribution in [0.2, 0.25) is 0 Å². The Morgan fingerprint density at radius 3 is 2.38 bits per heavy atom. The van der Waals surface area contributed by atoms with E-state index >= 15 is 0 Å². The molecule has 0 aromatic heterocycles. The van der Waals surface area contributed by atoms with E-state index in [2.05, 4.69) is 0 Å². The molecule has 0 aromatic carbocycles. The summed E-state index contributed by atoms with van der Waals surface area (Å²) in [5.41, 5.74) is 5.37. The molecule has 1 aliphatic rings. The third-order valence-electron chi connectivity index (χ3n) is 1.92. The monoisotopic (exact) mass is 115 g/mol. The van der Waals surface area contributed by atoms with Crippen molar-refractivity contribution in [2.45, 2.75) is 12.8 Å². The molecule has 0 amide bonds. The lowest BCUT2D eigenvalue weighted by molar-refractivity contribution is 0.112. The minimum Gasteiger partial charge on any atom is -0.396 e. The second-order valence-corrected chi connectivity index (χ2v) is 2.62. The first-order chi connectivity index (χ1) is 3.86. The second-order valence-electron chi connectivity index (χ2n) is 2.62. The van der Waals surface area contributed by atoms with Gasteiger partial charge >= 0.3 is 0 Å². The Balaban J connectivity index is 2.03. The van der Waals surface area contributed by atoms with Crippen LogP contribution in [0.25, 0.3) is 0 Å². The summed E-state index contributed by atoms with van der Waals surface area (Å²) in [6.45, 7) is 1.16. The van der Waals surface area contributed by atoms with Crippen LogP contribution < -0.4 is 5.73 Å². The molecule has 0 atom stereocenters. The number of hydrogen-bond donors (Lipinski definition) is 2. The van der Waals surface area contributed by atoms with Crippen LogP contribution in [0, 0.1) is 11.8 Å². The molecule has 0 spiro atoms. The lowest BCUT2D eigenvalue weighted by Gasteiger charge is -2.32. The predicted molar refractivity (Wildman–Crippen MR) is 32.4 cm³/mol. The Bertz CT molecular complexity index is 60.9. The maximum atomic E-state index is 8.56. The molecule has 3 N–H and O–H groups in total. The van der Waals surface area contributed by atoms with E-state index in [0.717, 1.165) is 19.4 Å². The van der Waals surface area contributed by atoms with Crippen molar-refractivity contribution in [1.82, 2.24) is 0 Å². The summed E-state index contributed by atoms with van der Waals surface area (Å²) in [5, 5.41) is 8.56. The SMILES string of the molecule is NC[C@H]1C[C@H](CO)C1. The Morgan fingerprint density at radius 2 is 2.00 bits per heavy atom. The Hall–Kier alpha value is -0.0800. The molecule has 2 heteroatoms. The second kappa shape index (κ2) is 2.46. The van der Waals surface area contributed by atoms with Gasteiger partial charge in [-0.05, 0) is 31.2 Å². The summed E-state index contributed by atoms with van der Waals surface area (Å²) in [6, 6.07) is 0. The average Bonchev–Trinajstić information content (AvgIpc) is 1.65. The molecule has 0 aromatic rings. The van der Waals surface area contributed by atoms with Gasteiger partial charge < -0.3 is 10.8 Å². The number of hydrogen-bond acceptors (Lipinski definition) is 2. The maximum absolute atomic E-state index is 8.56. The number of aliphatic hydroxyl groups is 1. The van der Waals surface area contributed by atoms with Gasteiger partial charge in [0.25, 0.3) is 0 Å². The van der Waals surface area contributed by atoms with E-state index in [0.29, 0.717) is 18.4 Å². The first-order valence-corrected chi connectivity index (χ1v) is 3.17. The molecule has 1 aliphatic carbocycles. The largest absolute Gasteiger partial charge is 0.396 e. The quantitative estimate of drug-likeness (QED) is 0.530. The summed E-state index contributed by atoms with van der Waals surface area (Å²) in [5.74, 6) is 1.29. The molecule has 2 nitrogen and oxygen atoms in total. The standard InChI is InChI=1S/C6H13NO/c7-3-5-1-6(2-5)4-8/h5-6,8H,1-4,7H2/t5-,6-. The van der Waals surface area contributed by atoms with Crippen molar-refractivity contribution in [2.75, 3.05) is 13.2 Å². The summed E-state index contributed by atoms with van der Waals surface area (Å²) in [6.07, 6.45) is 2.29. The summed E-state index contributed by atoms with van der Waals surface area (Å²) in [4.78, 5) is 0. The van der Waals surface area contributed by atoms with Crippen molar-refractivity contribution in [2.24, 2.45) is 17.6 Å². The van der Waals surface area contributed by atoms with Gasteiger partial charge in [0.1, 0.15) is 0 Å². The molecule has 48 valence electrons. The van der Waals surface area contributed by atoms with Crippen LogP contribution in [0.5, 0.6) is 0 Å². The summed E-state index contributed by atoms with van der Waals surface area (Å²) >= 11 is 0. The van der Waals surface area contributed by atoms with Gasteiger partial charge in [-0.25, -0.2) is 0 Å². The van der Waals surface area contributed by atoms with E-state index in [1.165, 1.54) is 0 Å². The first kappa shape index (κ1) is 6.05. The highest BCUT2D eigenvalue weighted by Gasteiger charge is 2.26. The van der Waals surface area contributed by atoms with E-state index in [-0.39, 0.29) is 0 Å². The first-order valence-electron chi connectivity index (χ1n) is 3.17. The smallest absolute Gasteiger partial charge is 0.0459 e. The molecular weight excluding hydrogens is 102 g/mol. The van der Waals surface area contributed by atoms with E-state index in [4.69, 9.17) is 10.8 Å². The van der Waals surface area contributed by atoms with Crippen LogP contribution in [0.4, 0.5) is 0 Å². The molecule has 1 saturated carbocycles. The van der Waals surface area contributed by atoms with Gasteiger partial charge in [0.2, 0.25) is 0 Å². The van der Waals surface area contributed by atoms with Gasteiger partial charge in [-0.15, -0.1) is 0 Å². The number of nitrogens with two attached hydrogens (primary N) is 1. The van der Waals surface area contributed by atoms with Crippen molar-refractivity contribution in [1.29, 1.82) is 0 Å². The van der Waals surface area contributed by atoms with E-state index in [1.807, 2.05) is 0 Å². The van der Waals surface area contributed by atoms with Gasteiger partial charge in [0.05, 0.1) is 0 Å². The Kier molecular flexibility index (Phi) is 1.86. The maximum Gasteiger partial charge on any atom is 0.0459 e. The highest BCUT2D eigenvalue weighted by Crippen LogP contribution is 2.31. The number of aliphatic hydroxyl groups excluding tert-OH is 1. The molecule has 1 fully saturated rings. The molecule has 0 heterocycles. The van der Waals surface area contributed by atoms with Crippen molar-refractivity contribution in [3.63, 3.8) is 0 Å². The normalized spacial score (nSPS) is 36.8. The fourth-order valence-corrected chi connectivity index (χ4v) is 1.22. The molecular formula is C6H13NO. The van der Waals surface area contributed by atoms with Crippen LogP contribution in [-0.4, -0.2) is 18.3 Å². The number of rotatable bonds is 2. The van der Waals surface area contributed by atoms with Crippen molar-refractivity contribution in [3.8, 4) is 0 Å². The zero-order chi connectivity index (χ0) is 5.98. The van der Waals surface area contributed by atoms with Gasteiger partial charge in [0, 0.05) is 6.61 Å². The minimum absolute atomic E-state index is 0.358. The van der Waals surface area contributed by atoms with Gasteiger partial charge in [-0.2, -0.15) is 0 Å². The summed E-state index contributed by atoms with van der Waals surface area (Å²) in [7, 11) is 0. The van der Waals surface area contributed by atoms with Crippen molar-refractivity contribution in [3.05, 3.63) is 0 Å². The van der Waals surface area contributed by atoms with Crippen molar-refractivity contribution < 1.29 is 5.11 Å². The zero-order valence-electron chi connectivity index (χ0n) is 5.01. The van der Waals surface area contributed by atoms with Crippen LogP contribution in [0.1, 0.15) is 12.8 Å². The average molecular weight is 115 g/mol. The minimum atomic E-state index is 0.358. The highest BCUT2D eigenvalue weighted by atomic mass is 16.3. The Morgan fingerprint density at radius 1 is 1.38 bits per heavy atom. The Labute approximate surface area is 49.7 Å². The topological polar surface area (TPSA) is 46.2 Å². The van der Waals surface area contributed by atoms with Crippen molar-refractivity contribution >= 4 is 0 Å². The molecule has 0 radical (unpaired) electrons. The molecule has 0 aliphatic heterocycles. The molecule has 1 rings (SSSR count). The third-order valence-corrected chi connectivity index (χ3v) is 1.92. The lowest BCUT2D eigenvalue weighted by atomic mass is 9.75. The molecule has 0 unspecified atom stereocenters. The molecule has 0 saturated heterocycles. The van der Waals surface area contributed by atoms with Gasteiger partial charge in [-0.3, -0.25) is 0 Å². The fraction of sp³-hybridized carbons (Fsp3) is 1.00. The summed E-state index contributed by atoms with van der Waals surface area (Å²) < 4.78 is 0. The van der Waals surface area contributed by atoms with Crippen LogP contribution >= 0.6 is 0 Å². The predicted octanol–water partition coefficient (Wildman–Crippen LogP) is -0.0364. The van der Waals surface area contributed by atoms with E-state index in [9.17, 15) is 0 Å². The molecule has 8 heavy (non-hydrogen) atoms. The van der Waals surface area contributed by atoms with E-state index < -0.39 is 0 Å². The highest BCUT2D eigenvalue weighted by molar-refractivity contribution is 4.78. The van der Waals surface area contributed by atoms with Gasteiger partial charge in [0.15, 0.2) is 0 Å².